The fourth-order valence-electron chi connectivity index (χ4n) is 1.99. The molecule has 2 fully saturated rings. The predicted octanol–water partition coefficient (Wildman–Crippen LogP) is 0.367. The molecule has 0 aromatic rings. The molecule has 0 bridgehead atoms. The smallest absolute Gasteiger partial charge is 0.0445 e. The zero-order valence-corrected chi connectivity index (χ0v) is 6.21. The molecule has 1 aliphatic heterocycles. The van der Waals surface area contributed by atoms with E-state index in [-0.39, 0.29) is 0 Å². The lowest BCUT2D eigenvalue weighted by molar-refractivity contribution is 0.247. The Kier molecular flexibility index (Phi) is 1.66. The average Bonchev–Trinajstić information content (AvgIpc) is 2.66. The van der Waals surface area contributed by atoms with Crippen molar-refractivity contribution in [3.8, 4) is 0 Å². The summed E-state index contributed by atoms with van der Waals surface area (Å²) in [6.45, 7) is 1.55. The lowest BCUT2D eigenvalue weighted by Crippen LogP contribution is -2.36. The van der Waals surface area contributed by atoms with Crippen LogP contribution in [0.15, 0.2) is 0 Å². The Bertz CT molecular complexity index is 126. The van der Waals surface area contributed by atoms with E-state index >= 15 is 0 Å². The maximum Gasteiger partial charge on any atom is 0.0445 e. The van der Waals surface area contributed by atoms with Gasteiger partial charge in [0.25, 0.3) is 0 Å². The summed E-state index contributed by atoms with van der Waals surface area (Å²) >= 11 is 0. The van der Waals surface area contributed by atoms with E-state index in [1.54, 1.807) is 0 Å². The molecule has 3 unspecified atom stereocenters. The average molecular weight is 141 g/mol. The second-order valence-electron chi connectivity index (χ2n) is 3.61. The summed E-state index contributed by atoms with van der Waals surface area (Å²) in [6, 6.07) is 0.619. The zero-order valence-electron chi connectivity index (χ0n) is 6.21. The SMILES string of the molecule is OCCC1CC2CC2CN1. The van der Waals surface area contributed by atoms with Crippen molar-refractivity contribution in [3.63, 3.8) is 0 Å². The monoisotopic (exact) mass is 141 g/mol. The number of fused-ring (bicyclic) bond motifs is 1. The number of hydrogen-bond donors (Lipinski definition) is 2. The van der Waals surface area contributed by atoms with Crippen LogP contribution >= 0.6 is 0 Å². The van der Waals surface area contributed by atoms with Gasteiger partial charge < -0.3 is 10.4 Å². The minimum absolute atomic E-state index is 0.342. The molecule has 2 aliphatic rings. The van der Waals surface area contributed by atoms with E-state index in [1.165, 1.54) is 19.4 Å². The van der Waals surface area contributed by atoms with Gasteiger partial charge in [-0.15, -0.1) is 0 Å². The molecule has 1 saturated carbocycles. The van der Waals surface area contributed by atoms with Gasteiger partial charge in [-0.05, 0) is 37.6 Å². The van der Waals surface area contributed by atoms with Crippen LogP contribution in [0.3, 0.4) is 0 Å². The van der Waals surface area contributed by atoms with Crippen molar-refractivity contribution in [2.24, 2.45) is 11.8 Å². The van der Waals surface area contributed by atoms with E-state index in [9.17, 15) is 0 Å². The summed E-state index contributed by atoms with van der Waals surface area (Å²) in [4.78, 5) is 0. The predicted molar refractivity (Wildman–Crippen MR) is 39.7 cm³/mol. The van der Waals surface area contributed by atoms with Crippen molar-refractivity contribution in [1.82, 2.24) is 5.32 Å². The summed E-state index contributed by atoms with van der Waals surface area (Å²) in [5.41, 5.74) is 0. The van der Waals surface area contributed by atoms with Gasteiger partial charge >= 0.3 is 0 Å². The first-order valence-electron chi connectivity index (χ1n) is 4.24. The molecule has 2 rings (SSSR count). The van der Waals surface area contributed by atoms with Crippen molar-refractivity contribution in [1.29, 1.82) is 0 Å². The first-order valence-corrected chi connectivity index (χ1v) is 4.24. The quantitative estimate of drug-likeness (QED) is 0.582. The summed E-state index contributed by atoms with van der Waals surface area (Å²) in [5.74, 6) is 2.01. The Balaban J connectivity index is 1.77. The van der Waals surface area contributed by atoms with Crippen LogP contribution in [0.4, 0.5) is 0 Å². The molecule has 58 valence electrons. The maximum absolute atomic E-state index is 8.68. The molecule has 0 spiro atoms. The van der Waals surface area contributed by atoms with Crippen LogP contribution in [0, 0.1) is 11.8 Å². The molecule has 0 amide bonds. The van der Waals surface area contributed by atoms with Crippen molar-refractivity contribution in [2.45, 2.75) is 25.3 Å². The third kappa shape index (κ3) is 1.18. The van der Waals surface area contributed by atoms with Crippen LogP contribution in [0.1, 0.15) is 19.3 Å². The number of rotatable bonds is 2. The molecule has 1 heterocycles. The highest BCUT2D eigenvalue weighted by Gasteiger charge is 2.41. The largest absolute Gasteiger partial charge is 0.396 e. The number of aliphatic hydroxyl groups excluding tert-OH is 1. The molecular formula is C8H15NO. The minimum atomic E-state index is 0.342. The van der Waals surface area contributed by atoms with Gasteiger partial charge in [0.15, 0.2) is 0 Å². The van der Waals surface area contributed by atoms with Crippen LogP contribution in [0.5, 0.6) is 0 Å². The molecule has 1 saturated heterocycles. The highest BCUT2D eigenvalue weighted by molar-refractivity contribution is 4.95. The van der Waals surface area contributed by atoms with Crippen LogP contribution in [-0.2, 0) is 0 Å². The van der Waals surface area contributed by atoms with Crippen LogP contribution in [0.25, 0.3) is 0 Å². The van der Waals surface area contributed by atoms with E-state index in [4.69, 9.17) is 5.11 Å². The van der Waals surface area contributed by atoms with Gasteiger partial charge in [-0.3, -0.25) is 0 Å². The Hall–Kier alpha value is -0.0800. The highest BCUT2D eigenvalue weighted by Crippen LogP contribution is 2.44. The van der Waals surface area contributed by atoms with Gasteiger partial charge in [-0.25, -0.2) is 0 Å². The lowest BCUT2D eigenvalue weighted by atomic mass is 10.0. The number of nitrogens with one attached hydrogen (secondary N) is 1. The fourth-order valence-corrected chi connectivity index (χ4v) is 1.99. The number of piperidine rings is 1. The Morgan fingerprint density at radius 2 is 2.20 bits per heavy atom. The zero-order chi connectivity index (χ0) is 6.97. The normalized spacial score (nSPS) is 44.7. The highest BCUT2D eigenvalue weighted by atomic mass is 16.3. The summed E-state index contributed by atoms with van der Waals surface area (Å²) in [5, 5.41) is 12.1. The van der Waals surface area contributed by atoms with Gasteiger partial charge in [0.1, 0.15) is 0 Å². The van der Waals surface area contributed by atoms with Crippen LogP contribution < -0.4 is 5.32 Å². The van der Waals surface area contributed by atoms with Crippen molar-refractivity contribution < 1.29 is 5.11 Å². The maximum atomic E-state index is 8.68. The molecule has 0 radical (unpaired) electrons. The number of hydrogen-bond acceptors (Lipinski definition) is 2. The topological polar surface area (TPSA) is 32.3 Å². The molecule has 3 atom stereocenters. The third-order valence-electron chi connectivity index (χ3n) is 2.80. The summed E-state index contributed by atoms with van der Waals surface area (Å²) < 4.78 is 0. The molecular weight excluding hydrogens is 126 g/mol. The molecule has 2 nitrogen and oxygen atoms in total. The molecule has 0 aromatic heterocycles. The van der Waals surface area contributed by atoms with Crippen LogP contribution in [0.2, 0.25) is 0 Å². The lowest BCUT2D eigenvalue weighted by Gasteiger charge is -2.21. The molecule has 2 heteroatoms. The van der Waals surface area contributed by atoms with Gasteiger partial charge in [0, 0.05) is 12.6 Å². The Labute approximate surface area is 61.6 Å². The number of aliphatic hydroxyl groups is 1. The third-order valence-corrected chi connectivity index (χ3v) is 2.80. The minimum Gasteiger partial charge on any atom is -0.396 e. The summed E-state index contributed by atoms with van der Waals surface area (Å²) in [7, 11) is 0. The van der Waals surface area contributed by atoms with E-state index in [0.29, 0.717) is 12.6 Å². The van der Waals surface area contributed by atoms with Crippen molar-refractivity contribution in [2.75, 3.05) is 13.2 Å². The second-order valence-corrected chi connectivity index (χ2v) is 3.61. The van der Waals surface area contributed by atoms with E-state index in [1.807, 2.05) is 0 Å². The first-order chi connectivity index (χ1) is 4.90. The van der Waals surface area contributed by atoms with Gasteiger partial charge in [0.2, 0.25) is 0 Å². The Morgan fingerprint density at radius 3 is 2.90 bits per heavy atom. The second kappa shape index (κ2) is 2.51. The van der Waals surface area contributed by atoms with E-state index in [0.717, 1.165) is 18.3 Å². The fraction of sp³-hybridized carbons (Fsp3) is 1.00. The Morgan fingerprint density at radius 1 is 1.30 bits per heavy atom. The van der Waals surface area contributed by atoms with E-state index < -0.39 is 0 Å². The summed E-state index contributed by atoms with van der Waals surface area (Å²) in [6.07, 6.45) is 3.70. The first kappa shape index (κ1) is 6.62. The standard InChI is InChI=1S/C8H15NO/c10-2-1-8-4-6-3-7(6)5-9-8/h6-10H,1-5H2. The van der Waals surface area contributed by atoms with E-state index in [2.05, 4.69) is 5.32 Å². The van der Waals surface area contributed by atoms with Crippen molar-refractivity contribution >= 4 is 0 Å². The van der Waals surface area contributed by atoms with Gasteiger partial charge in [-0.1, -0.05) is 0 Å². The molecule has 2 N–H and O–H groups in total. The van der Waals surface area contributed by atoms with Gasteiger partial charge in [0.05, 0.1) is 0 Å². The molecule has 10 heavy (non-hydrogen) atoms. The van der Waals surface area contributed by atoms with Crippen molar-refractivity contribution in [3.05, 3.63) is 0 Å². The van der Waals surface area contributed by atoms with Crippen LogP contribution in [-0.4, -0.2) is 24.3 Å². The molecule has 1 aliphatic carbocycles. The van der Waals surface area contributed by atoms with Gasteiger partial charge in [-0.2, -0.15) is 0 Å². The molecule has 0 aromatic carbocycles.